The summed E-state index contributed by atoms with van der Waals surface area (Å²) in [7, 11) is -2.89. The van der Waals surface area contributed by atoms with Gasteiger partial charge in [0, 0.05) is 24.8 Å². The van der Waals surface area contributed by atoms with Gasteiger partial charge in [-0.05, 0) is 19.1 Å². The molecule has 5 heteroatoms. The van der Waals surface area contributed by atoms with Crippen LogP contribution in [0.5, 0.6) is 0 Å². The third-order valence-corrected chi connectivity index (χ3v) is 4.28. The second-order valence-electron chi connectivity index (χ2n) is 3.88. The van der Waals surface area contributed by atoms with Crippen LogP contribution >= 0.6 is 0 Å². The first kappa shape index (κ1) is 13.3. The third-order valence-electron chi connectivity index (χ3n) is 2.39. The van der Waals surface area contributed by atoms with Gasteiger partial charge in [0.15, 0.2) is 9.84 Å². The number of hydrogen-bond acceptors (Lipinski definition) is 4. The Morgan fingerprint density at radius 1 is 1.50 bits per heavy atom. The Kier molecular flexibility index (Phi) is 5.02. The van der Waals surface area contributed by atoms with Crippen molar-refractivity contribution in [1.29, 1.82) is 0 Å². The van der Waals surface area contributed by atoms with Gasteiger partial charge >= 0.3 is 0 Å². The van der Waals surface area contributed by atoms with Crippen molar-refractivity contribution >= 4 is 9.84 Å². The molecule has 0 aliphatic rings. The van der Waals surface area contributed by atoms with Crippen LogP contribution in [0.15, 0.2) is 22.8 Å². The molecule has 0 aliphatic carbocycles. The lowest BCUT2D eigenvalue weighted by molar-refractivity contribution is 0.488. The summed E-state index contributed by atoms with van der Waals surface area (Å²) < 4.78 is 27.9. The molecule has 0 spiro atoms. The predicted octanol–water partition coefficient (Wildman–Crippen LogP) is 1.23. The number of nitrogens with one attached hydrogen (secondary N) is 1. The van der Waals surface area contributed by atoms with Crippen molar-refractivity contribution in [1.82, 2.24) is 5.32 Å². The van der Waals surface area contributed by atoms with Crippen molar-refractivity contribution in [3.05, 3.63) is 24.2 Å². The Morgan fingerprint density at radius 3 is 2.81 bits per heavy atom. The van der Waals surface area contributed by atoms with Crippen LogP contribution in [0.2, 0.25) is 0 Å². The van der Waals surface area contributed by atoms with Crippen LogP contribution in [0, 0.1) is 0 Å². The lowest BCUT2D eigenvalue weighted by Crippen LogP contribution is -2.34. The smallest absolute Gasteiger partial charge is 0.151 e. The summed E-state index contributed by atoms with van der Waals surface area (Å²) in [6.45, 7) is 4.29. The van der Waals surface area contributed by atoms with Crippen molar-refractivity contribution in [2.45, 2.75) is 26.3 Å². The maximum Gasteiger partial charge on any atom is 0.151 e. The summed E-state index contributed by atoms with van der Waals surface area (Å²) >= 11 is 0. The van der Waals surface area contributed by atoms with Gasteiger partial charge in [-0.25, -0.2) is 8.42 Å². The normalized spacial score (nSPS) is 13.9. The molecule has 1 unspecified atom stereocenters. The van der Waals surface area contributed by atoms with Crippen molar-refractivity contribution in [2.75, 3.05) is 18.1 Å². The minimum absolute atomic E-state index is 0.0140. The molecule has 1 aromatic heterocycles. The summed E-state index contributed by atoms with van der Waals surface area (Å²) in [5.41, 5.74) is 0. The van der Waals surface area contributed by atoms with Gasteiger partial charge in [-0.3, -0.25) is 0 Å². The van der Waals surface area contributed by atoms with E-state index >= 15 is 0 Å². The van der Waals surface area contributed by atoms with E-state index in [4.69, 9.17) is 4.42 Å². The number of furan rings is 1. The molecule has 0 saturated heterocycles. The van der Waals surface area contributed by atoms with Crippen LogP contribution in [0.25, 0.3) is 0 Å². The fourth-order valence-electron chi connectivity index (χ4n) is 1.45. The highest BCUT2D eigenvalue weighted by atomic mass is 32.2. The molecular weight excluding hydrogens is 226 g/mol. The topological polar surface area (TPSA) is 59.3 Å². The van der Waals surface area contributed by atoms with Crippen molar-refractivity contribution in [3.8, 4) is 0 Å². The number of hydrogen-bond donors (Lipinski definition) is 1. The maximum absolute atomic E-state index is 11.3. The molecule has 16 heavy (non-hydrogen) atoms. The molecule has 0 aromatic carbocycles. The molecule has 0 fully saturated rings. The highest BCUT2D eigenvalue weighted by Gasteiger charge is 2.12. The fraction of sp³-hybridized carbons (Fsp3) is 0.636. The molecule has 0 amide bonds. The van der Waals surface area contributed by atoms with E-state index < -0.39 is 9.84 Å². The summed E-state index contributed by atoms with van der Waals surface area (Å²) in [5, 5.41) is 3.17. The first-order valence-electron chi connectivity index (χ1n) is 5.49. The second-order valence-corrected chi connectivity index (χ2v) is 6.28. The van der Waals surface area contributed by atoms with E-state index in [2.05, 4.69) is 5.32 Å². The van der Waals surface area contributed by atoms with Gasteiger partial charge in [-0.2, -0.15) is 0 Å². The summed E-state index contributed by atoms with van der Waals surface area (Å²) in [5.74, 6) is 1.32. The Bertz CT molecular complexity index is 383. The van der Waals surface area contributed by atoms with Crippen LogP contribution in [-0.4, -0.2) is 32.5 Å². The first-order valence-corrected chi connectivity index (χ1v) is 7.32. The average Bonchev–Trinajstić information content (AvgIpc) is 2.70. The molecule has 4 nitrogen and oxygen atoms in total. The predicted molar refractivity (Wildman–Crippen MR) is 64.2 cm³/mol. The quantitative estimate of drug-likeness (QED) is 0.785. The lowest BCUT2D eigenvalue weighted by Gasteiger charge is -2.12. The molecule has 1 heterocycles. The Labute approximate surface area is 97.0 Å². The number of sulfone groups is 1. The SMILES string of the molecule is CCS(=O)(=O)CC(C)NCCc1ccco1. The van der Waals surface area contributed by atoms with Crippen LogP contribution in [0.1, 0.15) is 19.6 Å². The zero-order valence-electron chi connectivity index (χ0n) is 9.77. The van der Waals surface area contributed by atoms with Crippen molar-refractivity contribution < 1.29 is 12.8 Å². The van der Waals surface area contributed by atoms with Crippen molar-refractivity contribution in [3.63, 3.8) is 0 Å². The summed E-state index contributed by atoms with van der Waals surface area (Å²) in [4.78, 5) is 0. The molecule has 1 atom stereocenters. The van der Waals surface area contributed by atoms with E-state index in [9.17, 15) is 8.42 Å². The average molecular weight is 245 g/mol. The Balaban J connectivity index is 2.23. The van der Waals surface area contributed by atoms with Crippen LogP contribution in [0.3, 0.4) is 0 Å². The Hall–Kier alpha value is -0.810. The van der Waals surface area contributed by atoms with Crippen LogP contribution in [-0.2, 0) is 16.3 Å². The lowest BCUT2D eigenvalue weighted by atomic mass is 10.3. The van der Waals surface area contributed by atoms with Gasteiger partial charge < -0.3 is 9.73 Å². The monoisotopic (exact) mass is 245 g/mol. The third kappa shape index (κ3) is 4.81. The fourth-order valence-corrected chi connectivity index (χ4v) is 2.57. The molecule has 92 valence electrons. The molecule has 1 N–H and O–H groups in total. The molecule has 0 aliphatic heterocycles. The molecule has 0 saturated carbocycles. The van der Waals surface area contributed by atoms with Crippen LogP contribution < -0.4 is 5.32 Å². The zero-order chi connectivity index (χ0) is 12.0. The van der Waals surface area contributed by atoms with Gasteiger partial charge in [-0.1, -0.05) is 6.92 Å². The molecule has 0 bridgehead atoms. The largest absolute Gasteiger partial charge is 0.469 e. The second kappa shape index (κ2) is 6.06. The van der Waals surface area contributed by atoms with E-state index in [1.165, 1.54) is 0 Å². The van der Waals surface area contributed by atoms with E-state index in [1.807, 2.05) is 19.1 Å². The molecular formula is C11H19NO3S. The van der Waals surface area contributed by atoms with E-state index in [0.29, 0.717) is 0 Å². The summed E-state index contributed by atoms with van der Waals surface area (Å²) in [6.07, 6.45) is 2.42. The van der Waals surface area contributed by atoms with E-state index in [0.717, 1.165) is 18.7 Å². The molecule has 0 radical (unpaired) electrons. The highest BCUT2D eigenvalue weighted by Crippen LogP contribution is 2.00. The van der Waals surface area contributed by atoms with Gasteiger partial charge in [0.1, 0.15) is 5.76 Å². The van der Waals surface area contributed by atoms with Crippen molar-refractivity contribution in [2.24, 2.45) is 0 Å². The van der Waals surface area contributed by atoms with Gasteiger partial charge in [0.25, 0.3) is 0 Å². The molecule has 1 rings (SSSR count). The Morgan fingerprint density at radius 2 is 2.25 bits per heavy atom. The minimum atomic E-state index is -2.89. The maximum atomic E-state index is 11.3. The van der Waals surface area contributed by atoms with E-state index in [-0.39, 0.29) is 17.5 Å². The highest BCUT2D eigenvalue weighted by molar-refractivity contribution is 7.91. The van der Waals surface area contributed by atoms with Gasteiger partial charge in [0.2, 0.25) is 0 Å². The molecule has 1 aromatic rings. The number of rotatable bonds is 7. The summed E-state index contributed by atoms with van der Waals surface area (Å²) in [6, 6.07) is 3.75. The van der Waals surface area contributed by atoms with Gasteiger partial charge in [0.05, 0.1) is 12.0 Å². The minimum Gasteiger partial charge on any atom is -0.469 e. The standard InChI is InChI=1S/C11H19NO3S/c1-3-16(13,14)9-10(2)12-7-6-11-5-4-8-15-11/h4-5,8,10,12H,3,6-7,9H2,1-2H3. The van der Waals surface area contributed by atoms with E-state index in [1.54, 1.807) is 13.2 Å². The zero-order valence-corrected chi connectivity index (χ0v) is 10.6. The van der Waals surface area contributed by atoms with Crippen LogP contribution in [0.4, 0.5) is 0 Å². The van der Waals surface area contributed by atoms with Gasteiger partial charge in [-0.15, -0.1) is 0 Å². The first-order chi connectivity index (χ1) is 7.53.